The molecular weight excluding hydrogens is 389 g/mol. The molecule has 0 bridgehead atoms. The van der Waals surface area contributed by atoms with E-state index in [4.69, 9.17) is 5.73 Å². The summed E-state index contributed by atoms with van der Waals surface area (Å²) < 4.78 is 13.0. The van der Waals surface area contributed by atoms with Gasteiger partial charge in [-0.15, -0.1) is 0 Å². The second-order valence-corrected chi connectivity index (χ2v) is 7.50. The molecule has 0 spiro atoms. The number of rotatable bonds is 5. The van der Waals surface area contributed by atoms with Crippen LogP contribution in [0.5, 0.6) is 0 Å². The van der Waals surface area contributed by atoms with Gasteiger partial charge in [0.2, 0.25) is 0 Å². The highest BCUT2D eigenvalue weighted by Crippen LogP contribution is 2.27. The van der Waals surface area contributed by atoms with E-state index in [0.717, 1.165) is 23.1 Å². The molecule has 1 aromatic heterocycles. The zero-order chi connectivity index (χ0) is 21.8. The summed E-state index contributed by atoms with van der Waals surface area (Å²) in [7, 11) is 0. The Morgan fingerprint density at radius 2 is 1.52 bits per heavy atom. The van der Waals surface area contributed by atoms with Crippen molar-refractivity contribution in [2.75, 3.05) is 0 Å². The summed E-state index contributed by atoms with van der Waals surface area (Å²) in [6.07, 6.45) is 0.828. The molecule has 0 radical (unpaired) electrons. The van der Waals surface area contributed by atoms with Crippen molar-refractivity contribution >= 4 is 5.84 Å². The van der Waals surface area contributed by atoms with Gasteiger partial charge in [0, 0.05) is 11.3 Å². The van der Waals surface area contributed by atoms with Gasteiger partial charge in [0.05, 0.1) is 5.56 Å². The summed E-state index contributed by atoms with van der Waals surface area (Å²) in [5.41, 5.74) is 11.5. The van der Waals surface area contributed by atoms with Gasteiger partial charge in [0.25, 0.3) is 5.56 Å². The van der Waals surface area contributed by atoms with Crippen molar-refractivity contribution < 1.29 is 4.48 Å². The van der Waals surface area contributed by atoms with E-state index in [9.17, 15) is 9.28 Å². The molecule has 0 fully saturated rings. The highest BCUT2D eigenvalue weighted by molar-refractivity contribution is 6.03. The summed E-state index contributed by atoms with van der Waals surface area (Å²) in [5.74, 6) is -0.443. The first-order valence-electron chi connectivity index (χ1n) is 9.97. The minimum absolute atomic E-state index is 0.0239. The molecule has 3 aromatic carbocycles. The average molecular weight is 411 g/mol. The van der Waals surface area contributed by atoms with Crippen molar-refractivity contribution in [1.29, 1.82) is 0 Å². The number of hydrogen-bond donors (Lipinski definition) is 2. The lowest BCUT2D eigenvalue weighted by atomic mass is 9.96. The summed E-state index contributed by atoms with van der Waals surface area (Å²) in [5, 5.41) is 2.55. The van der Waals surface area contributed by atoms with E-state index in [0.29, 0.717) is 11.3 Å². The Morgan fingerprint density at radius 3 is 2.16 bits per heavy atom. The highest BCUT2D eigenvalue weighted by atomic mass is 19.2. The fourth-order valence-electron chi connectivity index (χ4n) is 3.61. The summed E-state index contributed by atoms with van der Waals surface area (Å²) >= 11 is 0. The number of nitrogens with one attached hydrogen (secondary N) is 1. The molecule has 0 saturated carbocycles. The fourth-order valence-corrected chi connectivity index (χ4v) is 3.61. The van der Waals surface area contributed by atoms with Gasteiger partial charge in [-0.05, 0) is 41.7 Å². The summed E-state index contributed by atoms with van der Waals surface area (Å²) in [4.78, 5) is 15.6. The van der Waals surface area contributed by atoms with Gasteiger partial charge in [0.15, 0.2) is 5.84 Å². The Bertz CT molecular complexity index is 1280. The van der Waals surface area contributed by atoms with Crippen LogP contribution in [0.3, 0.4) is 0 Å². The lowest BCUT2D eigenvalue weighted by Gasteiger charge is -2.12. The van der Waals surface area contributed by atoms with Crippen LogP contribution in [-0.4, -0.2) is 10.8 Å². The topological polar surface area (TPSA) is 71.2 Å². The predicted octanol–water partition coefficient (Wildman–Crippen LogP) is 5.20. The molecule has 31 heavy (non-hydrogen) atoms. The number of nitrogens with zero attached hydrogens (tertiary/aromatic N) is 1. The molecule has 0 unspecified atom stereocenters. The molecule has 0 atom stereocenters. The van der Waals surface area contributed by atoms with E-state index < -0.39 is 11.4 Å². The number of hydrogen-bond acceptors (Lipinski definition) is 2. The quantitative estimate of drug-likeness (QED) is 0.350. The maximum absolute atomic E-state index is 13.0. The molecule has 0 aliphatic carbocycles. The van der Waals surface area contributed by atoms with Crippen molar-refractivity contribution in [1.82, 2.24) is 4.98 Å². The molecule has 4 nitrogen and oxygen atoms in total. The number of aryl methyl sites for hydroxylation is 1. The van der Waals surface area contributed by atoms with Crippen LogP contribution in [0.15, 0.2) is 94.9 Å². The molecule has 0 aliphatic heterocycles. The number of amidine groups is 1. The first kappa shape index (κ1) is 20.3. The van der Waals surface area contributed by atoms with Gasteiger partial charge in [-0.25, -0.2) is 0 Å². The van der Waals surface area contributed by atoms with E-state index in [2.05, 4.69) is 22.3 Å². The first-order chi connectivity index (χ1) is 15.0. The molecular formula is C26H22FN3O. The standard InChI is InChI=1S/C26H22FN3O/c1-17-7-11-20(12-8-17)22-16-23(29-26(31)24(22)25(28)30-27)21-13-9-19(10-14-21)15-18-5-3-2-4-6-18/h2-14,16H,15H2,1H3,(H2,28,30)(H,29,31). The predicted molar refractivity (Wildman–Crippen MR) is 124 cm³/mol. The molecule has 4 rings (SSSR count). The summed E-state index contributed by atoms with van der Waals surface area (Å²) in [6, 6.07) is 27.7. The Morgan fingerprint density at radius 1 is 0.903 bits per heavy atom. The third-order valence-corrected chi connectivity index (χ3v) is 5.26. The van der Waals surface area contributed by atoms with E-state index >= 15 is 0 Å². The number of benzene rings is 3. The van der Waals surface area contributed by atoms with Crippen LogP contribution in [0, 0.1) is 6.92 Å². The maximum Gasteiger partial charge on any atom is 0.260 e. The van der Waals surface area contributed by atoms with Gasteiger partial charge >= 0.3 is 0 Å². The van der Waals surface area contributed by atoms with Crippen LogP contribution in [0.1, 0.15) is 22.3 Å². The number of H-pyrrole nitrogens is 1. The van der Waals surface area contributed by atoms with Gasteiger partial charge in [-0.3, -0.25) is 4.79 Å². The van der Waals surface area contributed by atoms with Crippen LogP contribution in [0.25, 0.3) is 22.4 Å². The SMILES string of the molecule is Cc1ccc(-c2cc(-c3ccc(Cc4ccccc4)cc3)[nH]c(=O)c2/C(N)=N/F)cc1. The Kier molecular flexibility index (Phi) is 5.76. The Hall–Kier alpha value is -3.99. The van der Waals surface area contributed by atoms with Crippen molar-refractivity contribution in [3.63, 3.8) is 0 Å². The molecule has 4 aromatic rings. The normalized spacial score (nSPS) is 11.5. The summed E-state index contributed by atoms with van der Waals surface area (Å²) in [6.45, 7) is 1.97. The molecule has 5 heteroatoms. The molecule has 3 N–H and O–H groups in total. The van der Waals surface area contributed by atoms with Crippen LogP contribution < -0.4 is 11.3 Å². The second-order valence-electron chi connectivity index (χ2n) is 7.50. The third-order valence-electron chi connectivity index (χ3n) is 5.26. The van der Waals surface area contributed by atoms with Crippen molar-refractivity contribution in [3.05, 3.63) is 118 Å². The second kappa shape index (κ2) is 8.79. The number of aromatic amines is 1. The third kappa shape index (κ3) is 4.46. The lowest BCUT2D eigenvalue weighted by molar-refractivity contribution is 0.536. The zero-order valence-corrected chi connectivity index (χ0v) is 17.1. The Balaban J connectivity index is 1.75. The van der Waals surface area contributed by atoms with Crippen LogP contribution >= 0.6 is 0 Å². The average Bonchev–Trinajstić information content (AvgIpc) is 2.80. The maximum atomic E-state index is 13.0. The molecule has 0 aliphatic rings. The number of halogens is 1. The number of nitrogens with two attached hydrogens (primary N) is 1. The van der Waals surface area contributed by atoms with Gasteiger partial charge in [-0.2, -0.15) is 0 Å². The minimum atomic E-state index is -0.486. The smallest absolute Gasteiger partial charge is 0.260 e. The van der Waals surface area contributed by atoms with Gasteiger partial charge in [0.1, 0.15) is 0 Å². The largest absolute Gasteiger partial charge is 0.381 e. The first-order valence-corrected chi connectivity index (χ1v) is 9.97. The highest BCUT2D eigenvalue weighted by Gasteiger charge is 2.16. The van der Waals surface area contributed by atoms with Crippen molar-refractivity contribution in [2.24, 2.45) is 10.9 Å². The molecule has 0 saturated heterocycles. The zero-order valence-electron chi connectivity index (χ0n) is 17.1. The monoisotopic (exact) mass is 411 g/mol. The molecule has 154 valence electrons. The molecule has 1 heterocycles. The van der Waals surface area contributed by atoms with E-state index in [1.807, 2.05) is 79.7 Å². The lowest BCUT2D eigenvalue weighted by Crippen LogP contribution is -2.25. The van der Waals surface area contributed by atoms with Crippen LogP contribution in [-0.2, 0) is 6.42 Å². The minimum Gasteiger partial charge on any atom is -0.381 e. The van der Waals surface area contributed by atoms with Crippen LogP contribution in [0.2, 0.25) is 0 Å². The van der Waals surface area contributed by atoms with Crippen molar-refractivity contribution in [3.8, 4) is 22.4 Å². The number of pyridine rings is 1. The molecule has 0 amide bonds. The van der Waals surface area contributed by atoms with Gasteiger partial charge < -0.3 is 10.7 Å². The van der Waals surface area contributed by atoms with Crippen LogP contribution in [0.4, 0.5) is 4.48 Å². The number of aromatic nitrogens is 1. The van der Waals surface area contributed by atoms with Crippen molar-refractivity contribution in [2.45, 2.75) is 13.3 Å². The van der Waals surface area contributed by atoms with E-state index in [-0.39, 0.29) is 5.56 Å². The Labute approximate surface area is 179 Å². The van der Waals surface area contributed by atoms with E-state index in [1.54, 1.807) is 0 Å². The van der Waals surface area contributed by atoms with Gasteiger partial charge in [-0.1, -0.05) is 94.1 Å². The van der Waals surface area contributed by atoms with E-state index in [1.165, 1.54) is 11.1 Å². The fraction of sp³-hybridized carbons (Fsp3) is 0.0769.